The summed E-state index contributed by atoms with van der Waals surface area (Å²) in [5.74, 6) is -2.10. The van der Waals surface area contributed by atoms with Gasteiger partial charge in [0.25, 0.3) is 0 Å². The minimum absolute atomic E-state index is 0.0243. The third-order valence-corrected chi connectivity index (χ3v) is 3.13. The molecule has 0 heterocycles. The van der Waals surface area contributed by atoms with E-state index in [-0.39, 0.29) is 30.1 Å². The molecule has 0 bridgehead atoms. The predicted molar refractivity (Wildman–Crippen MR) is 73.2 cm³/mol. The SMILES string of the molecule is C=CCO/N=C\C1=C(O)C(C(=O)OC)C(C)(C)CC1=O. The van der Waals surface area contributed by atoms with E-state index in [0.717, 1.165) is 6.21 Å². The molecule has 1 unspecified atom stereocenters. The van der Waals surface area contributed by atoms with Crippen molar-refractivity contribution in [2.24, 2.45) is 16.5 Å². The number of nitrogens with zero attached hydrogens (tertiary/aromatic N) is 1. The average molecular weight is 281 g/mol. The monoisotopic (exact) mass is 281 g/mol. The van der Waals surface area contributed by atoms with Crippen LogP contribution in [-0.4, -0.2) is 36.8 Å². The van der Waals surface area contributed by atoms with Gasteiger partial charge in [0.1, 0.15) is 18.3 Å². The molecule has 0 spiro atoms. The fourth-order valence-corrected chi connectivity index (χ4v) is 2.15. The van der Waals surface area contributed by atoms with Gasteiger partial charge in [0, 0.05) is 6.42 Å². The Morgan fingerprint density at radius 2 is 2.25 bits per heavy atom. The summed E-state index contributed by atoms with van der Waals surface area (Å²) in [6.07, 6.45) is 2.72. The predicted octanol–water partition coefficient (Wildman–Crippen LogP) is 1.78. The Balaban J connectivity index is 3.12. The van der Waals surface area contributed by atoms with Crippen molar-refractivity contribution >= 4 is 18.0 Å². The van der Waals surface area contributed by atoms with Gasteiger partial charge in [0.05, 0.1) is 18.9 Å². The first-order chi connectivity index (χ1) is 9.35. The lowest BCUT2D eigenvalue weighted by molar-refractivity contribution is -0.150. The molecular weight excluding hydrogens is 262 g/mol. The molecule has 1 aliphatic rings. The molecule has 0 fully saturated rings. The fourth-order valence-electron chi connectivity index (χ4n) is 2.15. The number of allylic oxidation sites excluding steroid dienone is 1. The normalized spacial score (nSPS) is 21.9. The molecule has 1 rings (SSSR count). The number of ether oxygens (including phenoxy) is 1. The standard InChI is InChI=1S/C14H19NO5/c1-5-6-20-15-8-9-10(16)7-14(2,3)11(12(9)17)13(18)19-4/h5,8,11,17H,1,6-7H2,2-4H3/b15-8-. The summed E-state index contributed by atoms with van der Waals surface area (Å²) in [5, 5.41) is 13.7. The van der Waals surface area contributed by atoms with Crippen LogP contribution in [0.1, 0.15) is 20.3 Å². The summed E-state index contributed by atoms with van der Waals surface area (Å²) in [7, 11) is 1.24. The zero-order valence-electron chi connectivity index (χ0n) is 11.9. The van der Waals surface area contributed by atoms with Crippen molar-refractivity contribution in [3.05, 3.63) is 24.0 Å². The molecule has 20 heavy (non-hydrogen) atoms. The van der Waals surface area contributed by atoms with Crippen molar-refractivity contribution in [3.63, 3.8) is 0 Å². The van der Waals surface area contributed by atoms with E-state index in [0.29, 0.717) is 0 Å². The lowest BCUT2D eigenvalue weighted by Crippen LogP contribution is -2.40. The maximum Gasteiger partial charge on any atom is 0.316 e. The van der Waals surface area contributed by atoms with Crippen molar-refractivity contribution in [2.75, 3.05) is 13.7 Å². The first kappa shape index (κ1) is 15.9. The Morgan fingerprint density at radius 3 is 2.80 bits per heavy atom. The van der Waals surface area contributed by atoms with Crippen LogP contribution in [0, 0.1) is 11.3 Å². The highest BCUT2D eigenvalue weighted by atomic mass is 16.6. The molecule has 6 heteroatoms. The minimum Gasteiger partial charge on any atom is -0.511 e. The summed E-state index contributed by atoms with van der Waals surface area (Å²) < 4.78 is 4.69. The number of hydrogen-bond acceptors (Lipinski definition) is 6. The number of aliphatic hydroxyl groups excluding tert-OH is 1. The molecule has 0 aromatic heterocycles. The highest BCUT2D eigenvalue weighted by molar-refractivity contribution is 6.15. The average Bonchev–Trinajstić information content (AvgIpc) is 2.36. The second kappa shape index (κ2) is 6.36. The Bertz CT molecular complexity index is 476. The zero-order valence-corrected chi connectivity index (χ0v) is 11.9. The highest BCUT2D eigenvalue weighted by Gasteiger charge is 2.46. The number of esters is 1. The Kier molecular flexibility index (Phi) is 5.07. The number of Topliss-reactive ketones (excluding diaryl/α,β-unsaturated/α-hetero) is 1. The molecule has 0 saturated heterocycles. The lowest BCUT2D eigenvalue weighted by atomic mass is 9.68. The van der Waals surface area contributed by atoms with Crippen molar-refractivity contribution in [1.82, 2.24) is 0 Å². The van der Waals surface area contributed by atoms with Crippen LogP contribution >= 0.6 is 0 Å². The Labute approximate surface area is 117 Å². The molecule has 1 N–H and O–H groups in total. The van der Waals surface area contributed by atoms with Crippen molar-refractivity contribution < 1.29 is 24.3 Å². The third kappa shape index (κ3) is 3.26. The number of carbonyl (C=O) groups is 2. The number of ketones is 1. The van der Waals surface area contributed by atoms with Crippen molar-refractivity contribution in [2.45, 2.75) is 20.3 Å². The zero-order chi connectivity index (χ0) is 15.3. The van der Waals surface area contributed by atoms with E-state index in [4.69, 9.17) is 4.84 Å². The van der Waals surface area contributed by atoms with Crippen LogP contribution in [0.4, 0.5) is 0 Å². The van der Waals surface area contributed by atoms with Gasteiger partial charge in [0.2, 0.25) is 0 Å². The topological polar surface area (TPSA) is 85.2 Å². The van der Waals surface area contributed by atoms with Crippen LogP contribution in [0.25, 0.3) is 0 Å². The largest absolute Gasteiger partial charge is 0.511 e. The smallest absolute Gasteiger partial charge is 0.316 e. The highest BCUT2D eigenvalue weighted by Crippen LogP contribution is 2.41. The van der Waals surface area contributed by atoms with E-state index in [2.05, 4.69) is 16.5 Å². The Hall–Kier alpha value is -2.11. The number of hydrogen-bond donors (Lipinski definition) is 1. The van der Waals surface area contributed by atoms with Gasteiger partial charge in [0.15, 0.2) is 5.78 Å². The molecular formula is C14H19NO5. The molecule has 110 valence electrons. The summed E-state index contributed by atoms with van der Waals surface area (Å²) in [6.45, 7) is 7.09. The van der Waals surface area contributed by atoms with Crippen LogP contribution in [0.5, 0.6) is 0 Å². The minimum atomic E-state index is -0.897. The van der Waals surface area contributed by atoms with Crippen LogP contribution in [0.3, 0.4) is 0 Å². The van der Waals surface area contributed by atoms with Crippen LogP contribution < -0.4 is 0 Å². The van der Waals surface area contributed by atoms with Gasteiger partial charge in [-0.15, -0.1) is 0 Å². The Morgan fingerprint density at radius 1 is 1.60 bits per heavy atom. The molecule has 0 amide bonds. The summed E-state index contributed by atoms with van der Waals surface area (Å²) in [4.78, 5) is 28.6. The second-order valence-electron chi connectivity index (χ2n) is 5.16. The van der Waals surface area contributed by atoms with Gasteiger partial charge in [-0.25, -0.2) is 0 Å². The summed E-state index contributed by atoms with van der Waals surface area (Å²) >= 11 is 0. The van der Waals surface area contributed by atoms with Gasteiger partial charge < -0.3 is 14.7 Å². The van der Waals surface area contributed by atoms with Crippen molar-refractivity contribution in [1.29, 1.82) is 0 Å². The number of oxime groups is 1. The van der Waals surface area contributed by atoms with E-state index >= 15 is 0 Å². The molecule has 0 saturated carbocycles. The van der Waals surface area contributed by atoms with Gasteiger partial charge in [-0.05, 0) is 5.41 Å². The fraction of sp³-hybridized carbons (Fsp3) is 0.500. The maximum absolute atomic E-state index is 12.0. The third-order valence-electron chi connectivity index (χ3n) is 3.13. The first-order valence-electron chi connectivity index (χ1n) is 6.15. The van der Waals surface area contributed by atoms with Crippen LogP contribution in [0.2, 0.25) is 0 Å². The van der Waals surface area contributed by atoms with E-state index in [9.17, 15) is 14.7 Å². The molecule has 1 aliphatic carbocycles. The molecule has 6 nitrogen and oxygen atoms in total. The van der Waals surface area contributed by atoms with Gasteiger partial charge in [-0.2, -0.15) is 0 Å². The summed E-state index contributed by atoms with van der Waals surface area (Å²) in [6, 6.07) is 0. The molecule has 1 atom stereocenters. The number of rotatable bonds is 5. The van der Waals surface area contributed by atoms with E-state index in [1.807, 2.05) is 0 Å². The number of aliphatic hydroxyl groups is 1. The van der Waals surface area contributed by atoms with Crippen LogP contribution in [0.15, 0.2) is 29.1 Å². The molecule has 0 radical (unpaired) electrons. The van der Waals surface area contributed by atoms with Crippen LogP contribution in [-0.2, 0) is 19.2 Å². The van der Waals surface area contributed by atoms with Gasteiger partial charge >= 0.3 is 5.97 Å². The quantitative estimate of drug-likeness (QED) is 0.273. The molecule has 0 aromatic rings. The van der Waals surface area contributed by atoms with Gasteiger partial charge in [-0.3, -0.25) is 9.59 Å². The maximum atomic E-state index is 12.0. The van der Waals surface area contributed by atoms with Crippen molar-refractivity contribution in [3.8, 4) is 0 Å². The van der Waals surface area contributed by atoms with E-state index in [1.165, 1.54) is 13.2 Å². The lowest BCUT2D eigenvalue weighted by Gasteiger charge is -2.35. The molecule has 0 aromatic carbocycles. The number of methoxy groups -OCH3 is 1. The van der Waals surface area contributed by atoms with E-state index in [1.54, 1.807) is 13.8 Å². The van der Waals surface area contributed by atoms with Gasteiger partial charge in [-0.1, -0.05) is 31.7 Å². The number of carbonyl (C=O) groups excluding carboxylic acids is 2. The molecule has 0 aliphatic heterocycles. The van der Waals surface area contributed by atoms with E-state index < -0.39 is 17.3 Å². The summed E-state index contributed by atoms with van der Waals surface area (Å²) in [5.41, 5.74) is -0.739. The second-order valence-corrected chi connectivity index (χ2v) is 5.16. The first-order valence-corrected chi connectivity index (χ1v) is 6.15.